The Morgan fingerprint density at radius 3 is 2.86 bits per heavy atom. The second-order valence-corrected chi connectivity index (χ2v) is 5.31. The minimum Gasteiger partial charge on any atom is -0.494 e. The molecule has 0 saturated carbocycles. The van der Waals surface area contributed by atoms with Crippen molar-refractivity contribution in [1.82, 2.24) is 25.5 Å². The van der Waals surface area contributed by atoms with Crippen LogP contribution in [-0.4, -0.2) is 33.9 Å². The molecule has 21 heavy (non-hydrogen) atoms. The number of nitrogens with one attached hydrogen (secondary N) is 1. The molecule has 1 N–H and O–H groups in total. The van der Waals surface area contributed by atoms with Gasteiger partial charge in [-0.05, 0) is 48.9 Å². The van der Waals surface area contributed by atoms with E-state index in [9.17, 15) is 0 Å². The van der Waals surface area contributed by atoms with Gasteiger partial charge in [-0.1, -0.05) is 18.5 Å². The Bertz CT molecular complexity index is 613. The van der Waals surface area contributed by atoms with E-state index in [1.165, 1.54) is 0 Å². The molecule has 0 aliphatic rings. The number of halogens is 1. The Kier molecular flexibility index (Phi) is 5.14. The fourth-order valence-corrected chi connectivity index (χ4v) is 2.22. The third kappa shape index (κ3) is 3.33. The Morgan fingerprint density at radius 2 is 2.19 bits per heavy atom. The van der Waals surface area contributed by atoms with Gasteiger partial charge in [0, 0.05) is 11.1 Å². The maximum absolute atomic E-state index is 6.14. The molecule has 0 bridgehead atoms. The molecule has 1 heterocycles. The summed E-state index contributed by atoms with van der Waals surface area (Å²) >= 11 is 6.14. The van der Waals surface area contributed by atoms with E-state index in [1.54, 1.807) is 17.9 Å². The van der Waals surface area contributed by atoms with Gasteiger partial charge in [0.1, 0.15) is 11.4 Å². The maximum atomic E-state index is 6.14. The molecule has 0 saturated heterocycles. The highest BCUT2D eigenvalue weighted by Gasteiger charge is 2.18. The normalized spacial score (nSPS) is 12.4. The summed E-state index contributed by atoms with van der Waals surface area (Å²) in [5.74, 6) is 1.38. The van der Waals surface area contributed by atoms with E-state index in [2.05, 4.69) is 27.8 Å². The average molecular weight is 310 g/mol. The van der Waals surface area contributed by atoms with E-state index in [0.29, 0.717) is 10.8 Å². The van der Waals surface area contributed by atoms with Crippen LogP contribution in [0.2, 0.25) is 5.02 Å². The van der Waals surface area contributed by atoms with Crippen molar-refractivity contribution in [1.29, 1.82) is 0 Å². The van der Waals surface area contributed by atoms with Gasteiger partial charge in [-0.15, -0.1) is 5.10 Å². The minimum absolute atomic E-state index is 0.0423. The highest BCUT2D eigenvalue weighted by atomic mass is 35.5. The first kappa shape index (κ1) is 15.7. The zero-order valence-electron chi connectivity index (χ0n) is 12.7. The van der Waals surface area contributed by atoms with E-state index in [0.717, 1.165) is 30.0 Å². The number of methoxy groups -OCH3 is 1. The van der Waals surface area contributed by atoms with Crippen LogP contribution in [0.3, 0.4) is 0 Å². The summed E-state index contributed by atoms with van der Waals surface area (Å²) in [6, 6.07) is 3.75. The van der Waals surface area contributed by atoms with E-state index in [1.807, 2.05) is 19.9 Å². The van der Waals surface area contributed by atoms with Crippen LogP contribution in [0.5, 0.6) is 5.75 Å². The van der Waals surface area contributed by atoms with Gasteiger partial charge in [0.25, 0.3) is 0 Å². The number of tetrazole rings is 1. The maximum Gasteiger partial charge on any atom is 0.173 e. The Labute approximate surface area is 129 Å². The van der Waals surface area contributed by atoms with Crippen molar-refractivity contribution in [2.45, 2.75) is 33.2 Å². The molecule has 0 aliphatic carbocycles. The van der Waals surface area contributed by atoms with Crippen molar-refractivity contribution in [2.24, 2.45) is 0 Å². The molecule has 1 aromatic heterocycles. The van der Waals surface area contributed by atoms with Gasteiger partial charge in [0.2, 0.25) is 0 Å². The topological polar surface area (TPSA) is 64.9 Å². The van der Waals surface area contributed by atoms with E-state index in [4.69, 9.17) is 16.3 Å². The number of aromatic nitrogens is 4. The number of nitrogens with zero attached hydrogens (tertiary/aromatic N) is 4. The summed E-state index contributed by atoms with van der Waals surface area (Å²) in [5, 5.41) is 16.0. The van der Waals surface area contributed by atoms with Crippen LogP contribution in [0.15, 0.2) is 12.1 Å². The zero-order chi connectivity index (χ0) is 15.4. The predicted molar refractivity (Wildman–Crippen MR) is 82.2 cm³/mol. The first-order chi connectivity index (χ1) is 10.1. The van der Waals surface area contributed by atoms with Crippen molar-refractivity contribution in [3.05, 3.63) is 28.5 Å². The van der Waals surface area contributed by atoms with Crippen LogP contribution in [0, 0.1) is 6.92 Å². The first-order valence-corrected chi connectivity index (χ1v) is 7.32. The molecule has 6 nitrogen and oxygen atoms in total. The molecule has 1 aromatic carbocycles. The number of ether oxygens (including phenoxy) is 1. The SMILES string of the molecule is CCCNC(C)c1nnnn1-c1cc(C)c(Cl)cc1OC. The third-order valence-corrected chi connectivity index (χ3v) is 3.68. The molecular formula is C14H20ClN5O. The summed E-state index contributed by atoms with van der Waals surface area (Å²) in [4.78, 5) is 0. The molecule has 0 spiro atoms. The molecule has 2 aromatic rings. The van der Waals surface area contributed by atoms with Gasteiger partial charge in [-0.2, -0.15) is 4.68 Å². The van der Waals surface area contributed by atoms with Crippen LogP contribution in [0.4, 0.5) is 0 Å². The van der Waals surface area contributed by atoms with Crippen LogP contribution in [-0.2, 0) is 0 Å². The van der Waals surface area contributed by atoms with Crippen molar-refractivity contribution >= 4 is 11.6 Å². The second kappa shape index (κ2) is 6.87. The third-order valence-electron chi connectivity index (χ3n) is 3.27. The number of hydrogen-bond acceptors (Lipinski definition) is 5. The summed E-state index contributed by atoms with van der Waals surface area (Å²) in [6.07, 6.45) is 1.05. The Balaban J connectivity index is 2.43. The standard InChI is InChI=1S/C14H20ClN5O/c1-5-6-16-10(3)14-17-18-19-20(14)12-7-9(2)11(15)8-13(12)21-4/h7-8,10,16H,5-6H2,1-4H3. The van der Waals surface area contributed by atoms with Gasteiger partial charge in [0.15, 0.2) is 5.82 Å². The molecule has 1 unspecified atom stereocenters. The molecule has 1 atom stereocenters. The molecule has 2 rings (SSSR count). The number of benzene rings is 1. The van der Waals surface area contributed by atoms with Crippen molar-refractivity contribution in [3.8, 4) is 11.4 Å². The first-order valence-electron chi connectivity index (χ1n) is 6.94. The summed E-state index contributed by atoms with van der Waals surface area (Å²) in [6.45, 7) is 7.00. The highest BCUT2D eigenvalue weighted by molar-refractivity contribution is 6.31. The Hall–Kier alpha value is -1.66. The number of rotatable bonds is 6. The van der Waals surface area contributed by atoms with E-state index in [-0.39, 0.29) is 6.04 Å². The molecule has 114 valence electrons. The molecule has 7 heteroatoms. The van der Waals surface area contributed by atoms with Gasteiger partial charge in [-0.3, -0.25) is 0 Å². The fraction of sp³-hybridized carbons (Fsp3) is 0.500. The van der Waals surface area contributed by atoms with Gasteiger partial charge in [0.05, 0.1) is 13.2 Å². The average Bonchev–Trinajstić information content (AvgIpc) is 2.96. The zero-order valence-corrected chi connectivity index (χ0v) is 13.5. The lowest BCUT2D eigenvalue weighted by atomic mass is 10.2. The van der Waals surface area contributed by atoms with Crippen LogP contribution >= 0.6 is 11.6 Å². The van der Waals surface area contributed by atoms with E-state index < -0.39 is 0 Å². The minimum atomic E-state index is 0.0423. The van der Waals surface area contributed by atoms with Crippen molar-refractivity contribution in [3.63, 3.8) is 0 Å². The van der Waals surface area contributed by atoms with Crippen LogP contribution < -0.4 is 10.1 Å². The lowest BCUT2D eigenvalue weighted by molar-refractivity contribution is 0.410. The highest BCUT2D eigenvalue weighted by Crippen LogP contribution is 2.30. The monoisotopic (exact) mass is 309 g/mol. The number of hydrogen-bond donors (Lipinski definition) is 1. The van der Waals surface area contributed by atoms with Gasteiger partial charge in [-0.25, -0.2) is 0 Å². The van der Waals surface area contributed by atoms with E-state index >= 15 is 0 Å². The largest absolute Gasteiger partial charge is 0.494 e. The smallest absolute Gasteiger partial charge is 0.173 e. The molecule has 0 aliphatic heterocycles. The summed E-state index contributed by atoms with van der Waals surface area (Å²) in [5.41, 5.74) is 1.73. The molecule has 0 fully saturated rings. The second-order valence-electron chi connectivity index (χ2n) is 4.90. The van der Waals surface area contributed by atoms with Crippen molar-refractivity contribution < 1.29 is 4.74 Å². The van der Waals surface area contributed by atoms with Crippen LogP contribution in [0.1, 0.15) is 37.7 Å². The molecular weight excluding hydrogens is 290 g/mol. The predicted octanol–water partition coefficient (Wildman–Crippen LogP) is 2.69. The van der Waals surface area contributed by atoms with Crippen molar-refractivity contribution in [2.75, 3.05) is 13.7 Å². The van der Waals surface area contributed by atoms with Crippen LogP contribution in [0.25, 0.3) is 5.69 Å². The summed E-state index contributed by atoms with van der Waals surface area (Å²) < 4.78 is 7.09. The molecule has 0 amide bonds. The molecule has 0 radical (unpaired) electrons. The Morgan fingerprint density at radius 1 is 1.43 bits per heavy atom. The fourth-order valence-electron chi connectivity index (χ4n) is 2.06. The lowest BCUT2D eigenvalue weighted by Gasteiger charge is -2.15. The quantitative estimate of drug-likeness (QED) is 0.888. The van der Waals surface area contributed by atoms with Gasteiger partial charge < -0.3 is 10.1 Å². The lowest BCUT2D eigenvalue weighted by Crippen LogP contribution is -2.23. The summed E-state index contributed by atoms with van der Waals surface area (Å²) in [7, 11) is 1.60. The number of aryl methyl sites for hydroxylation is 1. The van der Waals surface area contributed by atoms with Gasteiger partial charge >= 0.3 is 0 Å².